The number of rotatable bonds is 7. The number of piperazine rings is 1. The summed E-state index contributed by atoms with van der Waals surface area (Å²) in [6.45, 7) is 3.73. The van der Waals surface area contributed by atoms with E-state index in [-0.39, 0.29) is 5.91 Å². The molecule has 1 amide bonds. The van der Waals surface area contributed by atoms with E-state index in [0.29, 0.717) is 35.9 Å². The quantitative estimate of drug-likeness (QED) is 0.479. The molecule has 2 aromatic carbocycles. The van der Waals surface area contributed by atoms with Gasteiger partial charge in [-0.2, -0.15) is 0 Å². The zero-order chi connectivity index (χ0) is 26.8. The predicted octanol–water partition coefficient (Wildman–Crippen LogP) is 2.60. The second-order valence-corrected chi connectivity index (χ2v) is 8.42. The minimum atomic E-state index is -1.82. The minimum Gasteiger partial charge on any atom is -0.496 e. The Kier molecular flexibility index (Phi) is 10.8. The number of aliphatic carboxylic acids is 2. The van der Waals surface area contributed by atoms with Crippen molar-refractivity contribution < 1.29 is 43.5 Å². The van der Waals surface area contributed by atoms with E-state index in [1.807, 2.05) is 17.0 Å². The van der Waals surface area contributed by atoms with Crippen molar-refractivity contribution in [1.29, 1.82) is 0 Å². The van der Waals surface area contributed by atoms with Gasteiger partial charge < -0.3 is 34.1 Å². The Hall–Kier alpha value is -3.51. The van der Waals surface area contributed by atoms with Gasteiger partial charge in [-0.05, 0) is 45.8 Å². The molecule has 3 rings (SSSR count). The van der Waals surface area contributed by atoms with Gasteiger partial charge in [0.1, 0.15) is 5.75 Å². The van der Waals surface area contributed by atoms with Crippen LogP contribution in [0.5, 0.6) is 23.0 Å². The summed E-state index contributed by atoms with van der Waals surface area (Å²) in [5.74, 6) is -1.44. The highest BCUT2D eigenvalue weighted by Gasteiger charge is 2.25. The second-order valence-electron chi connectivity index (χ2n) is 7.56. The fourth-order valence-corrected chi connectivity index (χ4v) is 3.97. The van der Waals surface area contributed by atoms with Crippen LogP contribution in [-0.2, 0) is 16.1 Å². The first kappa shape index (κ1) is 28.7. The topological polar surface area (TPSA) is 135 Å². The Balaban J connectivity index is 0.000000678. The monoisotopic (exact) mass is 568 g/mol. The van der Waals surface area contributed by atoms with Crippen molar-refractivity contribution >= 4 is 33.8 Å². The largest absolute Gasteiger partial charge is 0.496 e. The van der Waals surface area contributed by atoms with Crippen molar-refractivity contribution in [3.63, 3.8) is 0 Å². The summed E-state index contributed by atoms with van der Waals surface area (Å²) in [4.78, 5) is 35.4. The van der Waals surface area contributed by atoms with E-state index < -0.39 is 11.9 Å². The normalized spacial score (nSPS) is 13.2. The fraction of sp³-hybridized carbons (Fsp3) is 0.375. The molecule has 2 aromatic rings. The highest BCUT2D eigenvalue weighted by molar-refractivity contribution is 9.10. The summed E-state index contributed by atoms with van der Waals surface area (Å²) in [6.07, 6.45) is 0. The standard InChI is InChI=1S/C22H27BrN2O5.C2H2O4/c1-27-18-11-15(5-6-17(18)23)14-24-7-9-25(10-8-24)22(26)16-12-19(28-2)21(30-4)20(13-16)29-3;3-1(4)2(5)6/h5-6,11-13H,7-10,14H2,1-4H3;(H,3,4)(H,5,6). The smallest absolute Gasteiger partial charge is 0.414 e. The molecular formula is C24H29BrN2O9. The van der Waals surface area contributed by atoms with Crippen molar-refractivity contribution in [1.82, 2.24) is 9.80 Å². The average Bonchev–Trinajstić information content (AvgIpc) is 2.89. The number of carbonyl (C=O) groups excluding carboxylic acids is 1. The van der Waals surface area contributed by atoms with Crippen LogP contribution < -0.4 is 18.9 Å². The molecule has 1 fully saturated rings. The van der Waals surface area contributed by atoms with Crippen LogP contribution in [0.2, 0.25) is 0 Å². The summed E-state index contributed by atoms with van der Waals surface area (Å²) in [5.41, 5.74) is 1.70. The number of halogens is 1. The van der Waals surface area contributed by atoms with Crippen LogP contribution in [0.4, 0.5) is 0 Å². The van der Waals surface area contributed by atoms with Gasteiger partial charge in [0.15, 0.2) is 11.5 Å². The Labute approximate surface area is 217 Å². The molecule has 12 heteroatoms. The highest BCUT2D eigenvalue weighted by Crippen LogP contribution is 2.38. The van der Waals surface area contributed by atoms with Gasteiger partial charge in [-0.3, -0.25) is 9.69 Å². The molecule has 2 N–H and O–H groups in total. The summed E-state index contributed by atoms with van der Waals surface area (Å²) < 4.78 is 22.4. The molecule has 0 aliphatic carbocycles. The molecule has 0 unspecified atom stereocenters. The van der Waals surface area contributed by atoms with Gasteiger partial charge in [-0.15, -0.1) is 0 Å². The van der Waals surface area contributed by atoms with Crippen LogP contribution in [0, 0.1) is 0 Å². The van der Waals surface area contributed by atoms with Crippen LogP contribution in [-0.4, -0.2) is 92.5 Å². The maximum atomic E-state index is 13.1. The number of carboxylic acids is 2. The van der Waals surface area contributed by atoms with Crippen LogP contribution in [0.3, 0.4) is 0 Å². The lowest BCUT2D eigenvalue weighted by molar-refractivity contribution is -0.159. The Morgan fingerprint density at radius 2 is 1.33 bits per heavy atom. The first-order chi connectivity index (χ1) is 17.1. The lowest BCUT2D eigenvalue weighted by Crippen LogP contribution is -2.48. The van der Waals surface area contributed by atoms with Crippen molar-refractivity contribution in [3.8, 4) is 23.0 Å². The number of methoxy groups -OCH3 is 4. The molecule has 0 bridgehead atoms. The Morgan fingerprint density at radius 3 is 1.78 bits per heavy atom. The van der Waals surface area contributed by atoms with Gasteiger partial charge in [0, 0.05) is 38.3 Å². The lowest BCUT2D eigenvalue weighted by Gasteiger charge is -2.35. The molecule has 1 aliphatic rings. The number of nitrogens with zero attached hydrogens (tertiary/aromatic N) is 2. The number of benzene rings is 2. The maximum Gasteiger partial charge on any atom is 0.414 e. The molecule has 196 valence electrons. The van der Waals surface area contributed by atoms with E-state index in [9.17, 15) is 4.79 Å². The van der Waals surface area contributed by atoms with Crippen molar-refractivity contribution in [2.45, 2.75) is 6.54 Å². The van der Waals surface area contributed by atoms with Gasteiger partial charge in [0.05, 0.1) is 32.9 Å². The molecule has 0 spiro atoms. The second kappa shape index (κ2) is 13.5. The maximum absolute atomic E-state index is 13.1. The summed E-state index contributed by atoms with van der Waals surface area (Å²) in [5, 5.41) is 14.8. The summed E-state index contributed by atoms with van der Waals surface area (Å²) >= 11 is 3.48. The van der Waals surface area contributed by atoms with Crippen molar-refractivity contribution in [3.05, 3.63) is 45.9 Å². The van der Waals surface area contributed by atoms with Gasteiger partial charge in [-0.1, -0.05) is 6.07 Å². The van der Waals surface area contributed by atoms with Crippen LogP contribution >= 0.6 is 15.9 Å². The Morgan fingerprint density at radius 1 is 0.806 bits per heavy atom. The number of carboxylic acid groups (broad SMARTS) is 2. The molecular weight excluding hydrogens is 540 g/mol. The number of hydrogen-bond donors (Lipinski definition) is 2. The molecule has 1 aliphatic heterocycles. The highest BCUT2D eigenvalue weighted by atomic mass is 79.9. The third kappa shape index (κ3) is 7.49. The zero-order valence-electron chi connectivity index (χ0n) is 20.4. The number of amides is 1. The van der Waals surface area contributed by atoms with E-state index in [4.69, 9.17) is 38.7 Å². The average molecular weight is 569 g/mol. The molecule has 0 saturated carbocycles. The van der Waals surface area contributed by atoms with E-state index >= 15 is 0 Å². The number of ether oxygens (including phenoxy) is 4. The third-order valence-corrected chi connectivity index (χ3v) is 6.03. The van der Waals surface area contributed by atoms with E-state index in [1.54, 1.807) is 40.6 Å². The van der Waals surface area contributed by atoms with Crippen LogP contribution in [0.15, 0.2) is 34.8 Å². The predicted molar refractivity (Wildman–Crippen MR) is 133 cm³/mol. The van der Waals surface area contributed by atoms with Crippen LogP contribution in [0.1, 0.15) is 15.9 Å². The van der Waals surface area contributed by atoms with Crippen molar-refractivity contribution in [2.24, 2.45) is 0 Å². The first-order valence-corrected chi connectivity index (χ1v) is 11.5. The summed E-state index contributed by atoms with van der Waals surface area (Å²) in [7, 11) is 6.29. The molecule has 36 heavy (non-hydrogen) atoms. The van der Waals surface area contributed by atoms with Gasteiger partial charge >= 0.3 is 11.9 Å². The SMILES string of the molecule is COc1cc(CN2CCN(C(=O)c3cc(OC)c(OC)c(OC)c3)CC2)ccc1Br.O=C(O)C(=O)O. The van der Waals surface area contributed by atoms with E-state index in [2.05, 4.69) is 26.9 Å². The first-order valence-electron chi connectivity index (χ1n) is 10.7. The fourth-order valence-electron chi connectivity index (χ4n) is 3.56. The minimum absolute atomic E-state index is 0.0424. The third-order valence-electron chi connectivity index (χ3n) is 5.38. The number of hydrogen-bond acceptors (Lipinski definition) is 8. The Bertz CT molecular complexity index is 1050. The molecule has 1 saturated heterocycles. The van der Waals surface area contributed by atoms with Gasteiger partial charge in [-0.25, -0.2) is 9.59 Å². The molecule has 0 radical (unpaired) electrons. The van der Waals surface area contributed by atoms with E-state index in [0.717, 1.165) is 29.9 Å². The molecule has 0 atom stereocenters. The van der Waals surface area contributed by atoms with Crippen LogP contribution in [0.25, 0.3) is 0 Å². The summed E-state index contributed by atoms with van der Waals surface area (Å²) in [6, 6.07) is 9.52. The molecule has 1 heterocycles. The lowest BCUT2D eigenvalue weighted by atomic mass is 10.1. The molecule has 0 aromatic heterocycles. The molecule has 11 nitrogen and oxygen atoms in total. The zero-order valence-corrected chi connectivity index (χ0v) is 22.0. The number of carbonyl (C=O) groups is 3. The van der Waals surface area contributed by atoms with Gasteiger partial charge in [0.25, 0.3) is 5.91 Å². The van der Waals surface area contributed by atoms with Crippen molar-refractivity contribution in [2.75, 3.05) is 54.6 Å². The van der Waals surface area contributed by atoms with Gasteiger partial charge in [0.2, 0.25) is 5.75 Å². The van der Waals surface area contributed by atoms with E-state index in [1.165, 1.54) is 5.56 Å².